The second kappa shape index (κ2) is 4.91. The number of imidazole rings is 1. The highest BCUT2D eigenvalue weighted by molar-refractivity contribution is 5.63. The van der Waals surface area contributed by atoms with E-state index in [2.05, 4.69) is 9.97 Å². The SMILES string of the molecule is NCC(O)c1ncc(-c2ccc3c(c2)OCCO3)[nH]1. The summed E-state index contributed by atoms with van der Waals surface area (Å²) >= 11 is 0. The fraction of sp³-hybridized carbons (Fsp3) is 0.308. The molecule has 0 bridgehead atoms. The van der Waals surface area contributed by atoms with Gasteiger partial charge in [0.1, 0.15) is 25.1 Å². The van der Waals surface area contributed by atoms with Crippen LogP contribution in [-0.2, 0) is 0 Å². The normalized spacial score (nSPS) is 15.3. The van der Waals surface area contributed by atoms with Gasteiger partial charge in [0.05, 0.1) is 11.9 Å². The van der Waals surface area contributed by atoms with E-state index in [1.54, 1.807) is 6.20 Å². The molecule has 2 heterocycles. The number of rotatable bonds is 3. The van der Waals surface area contributed by atoms with Gasteiger partial charge in [0, 0.05) is 12.1 Å². The highest BCUT2D eigenvalue weighted by atomic mass is 16.6. The number of benzene rings is 1. The van der Waals surface area contributed by atoms with Gasteiger partial charge in [-0.2, -0.15) is 0 Å². The topological polar surface area (TPSA) is 93.4 Å². The molecule has 0 spiro atoms. The number of ether oxygens (including phenoxy) is 2. The monoisotopic (exact) mass is 261 g/mol. The van der Waals surface area contributed by atoms with Crippen LogP contribution in [0.15, 0.2) is 24.4 Å². The number of aliphatic hydroxyl groups is 1. The Morgan fingerprint density at radius 2 is 2.11 bits per heavy atom. The summed E-state index contributed by atoms with van der Waals surface area (Å²) in [5.41, 5.74) is 7.13. The van der Waals surface area contributed by atoms with Gasteiger partial charge in [0.2, 0.25) is 0 Å². The van der Waals surface area contributed by atoms with Crippen LogP contribution in [0.25, 0.3) is 11.3 Å². The molecule has 1 aliphatic rings. The maximum atomic E-state index is 9.62. The van der Waals surface area contributed by atoms with Crippen LogP contribution >= 0.6 is 0 Å². The molecule has 0 fully saturated rings. The number of aromatic amines is 1. The highest BCUT2D eigenvalue weighted by Gasteiger charge is 2.14. The Bertz CT molecular complexity index is 582. The first-order chi connectivity index (χ1) is 9.28. The van der Waals surface area contributed by atoms with Gasteiger partial charge in [-0.15, -0.1) is 0 Å². The minimum atomic E-state index is -0.772. The maximum absolute atomic E-state index is 9.62. The zero-order valence-electron chi connectivity index (χ0n) is 10.3. The first-order valence-electron chi connectivity index (χ1n) is 6.11. The van der Waals surface area contributed by atoms with Crippen molar-refractivity contribution < 1.29 is 14.6 Å². The molecule has 4 N–H and O–H groups in total. The van der Waals surface area contributed by atoms with E-state index >= 15 is 0 Å². The molecule has 0 saturated carbocycles. The first kappa shape index (κ1) is 12.0. The number of aliphatic hydroxyl groups excluding tert-OH is 1. The molecule has 1 unspecified atom stereocenters. The van der Waals surface area contributed by atoms with Crippen LogP contribution in [0, 0.1) is 0 Å². The molecule has 100 valence electrons. The van der Waals surface area contributed by atoms with E-state index in [9.17, 15) is 5.11 Å². The standard InChI is InChI=1S/C13H15N3O3/c14-6-10(17)13-15-7-9(16-13)8-1-2-11-12(5-8)19-4-3-18-11/h1-2,5,7,10,17H,3-4,6,14H2,(H,15,16). The molecule has 1 atom stereocenters. The molecule has 1 aromatic heterocycles. The van der Waals surface area contributed by atoms with Crippen LogP contribution in [0.5, 0.6) is 11.5 Å². The summed E-state index contributed by atoms with van der Waals surface area (Å²) in [6.45, 7) is 1.26. The molecule has 1 aromatic carbocycles. The average Bonchev–Trinajstić information content (AvgIpc) is 2.95. The van der Waals surface area contributed by atoms with Crippen LogP contribution in [0.3, 0.4) is 0 Å². The first-order valence-corrected chi connectivity index (χ1v) is 6.11. The summed E-state index contributed by atoms with van der Waals surface area (Å²) in [7, 11) is 0. The number of nitrogens with two attached hydrogens (primary N) is 1. The van der Waals surface area contributed by atoms with E-state index in [1.165, 1.54) is 0 Å². The number of aromatic nitrogens is 2. The summed E-state index contributed by atoms with van der Waals surface area (Å²) in [6.07, 6.45) is 0.894. The molecule has 0 aliphatic carbocycles. The van der Waals surface area contributed by atoms with Crippen LogP contribution < -0.4 is 15.2 Å². The smallest absolute Gasteiger partial charge is 0.162 e. The summed E-state index contributed by atoms with van der Waals surface area (Å²) in [6, 6.07) is 5.67. The van der Waals surface area contributed by atoms with Crippen LogP contribution in [0.1, 0.15) is 11.9 Å². The number of H-pyrrole nitrogens is 1. The predicted molar refractivity (Wildman–Crippen MR) is 69.0 cm³/mol. The summed E-state index contributed by atoms with van der Waals surface area (Å²) in [5.74, 6) is 1.93. The Balaban J connectivity index is 1.91. The summed E-state index contributed by atoms with van der Waals surface area (Å²) in [5, 5.41) is 9.62. The van der Waals surface area contributed by atoms with Crippen molar-refractivity contribution in [1.29, 1.82) is 0 Å². The third kappa shape index (κ3) is 2.27. The van der Waals surface area contributed by atoms with Crippen molar-refractivity contribution in [2.75, 3.05) is 19.8 Å². The van der Waals surface area contributed by atoms with Gasteiger partial charge in [-0.1, -0.05) is 0 Å². The number of hydrogen-bond donors (Lipinski definition) is 3. The van der Waals surface area contributed by atoms with E-state index in [1.807, 2.05) is 18.2 Å². The Hall–Kier alpha value is -2.05. The fourth-order valence-electron chi connectivity index (χ4n) is 1.98. The Kier molecular flexibility index (Phi) is 3.10. The maximum Gasteiger partial charge on any atom is 0.162 e. The second-order valence-electron chi connectivity index (χ2n) is 4.29. The van der Waals surface area contributed by atoms with Crippen molar-refractivity contribution in [2.24, 2.45) is 5.73 Å². The minimum absolute atomic E-state index is 0.133. The van der Waals surface area contributed by atoms with Gasteiger partial charge in [-0.3, -0.25) is 0 Å². The van der Waals surface area contributed by atoms with Gasteiger partial charge in [-0.25, -0.2) is 4.98 Å². The molecule has 0 saturated heterocycles. The van der Waals surface area contributed by atoms with Crippen LogP contribution in [-0.4, -0.2) is 34.8 Å². The van der Waals surface area contributed by atoms with E-state index in [0.29, 0.717) is 19.0 Å². The largest absolute Gasteiger partial charge is 0.486 e. The lowest BCUT2D eigenvalue weighted by atomic mass is 10.1. The molecular weight excluding hydrogens is 246 g/mol. The molecule has 1 aliphatic heterocycles. The van der Waals surface area contributed by atoms with Crippen molar-refractivity contribution >= 4 is 0 Å². The Labute approximate surface area is 110 Å². The van der Waals surface area contributed by atoms with Crippen molar-refractivity contribution in [3.63, 3.8) is 0 Å². The quantitative estimate of drug-likeness (QED) is 0.761. The van der Waals surface area contributed by atoms with Gasteiger partial charge in [0.15, 0.2) is 11.5 Å². The molecule has 2 aromatic rings. The van der Waals surface area contributed by atoms with E-state index in [-0.39, 0.29) is 6.54 Å². The lowest BCUT2D eigenvalue weighted by molar-refractivity contribution is 0.171. The number of nitrogens with zero attached hydrogens (tertiary/aromatic N) is 1. The van der Waals surface area contributed by atoms with Crippen LogP contribution in [0.2, 0.25) is 0 Å². The summed E-state index contributed by atoms with van der Waals surface area (Å²) in [4.78, 5) is 7.17. The van der Waals surface area contributed by atoms with Gasteiger partial charge in [-0.05, 0) is 18.2 Å². The zero-order valence-corrected chi connectivity index (χ0v) is 10.3. The van der Waals surface area contributed by atoms with Crippen molar-refractivity contribution in [3.05, 3.63) is 30.2 Å². The molecule has 0 radical (unpaired) electrons. The minimum Gasteiger partial charge on any atom is -0.486 e. The molecule has 3 rings (SSSR count). The van der Waals surface area contributed by atoms with Gasteiger partial charge < -0.3 is 25.3 Å². The molecule has 6 nitrogen and oxygen atoms in total. The molecule has 0 amide bonds. The van der Waals surface area contributed by atoms with Crippen molar-refractivity contribution in [3.8, 4) is 22.8 Å². The van der Waals surface area contributed by atoms with E-state index in [0.717, 1.165) is 22.8 Å². The lowest BCUT2D eigenvalue weighted by Gasteiger charge is -2.18. The second-order valence-corrected chi connectivity index (χ2v) is 4.29. The fourth-order valence-corrected chi connectivity index (χ4v) is 1.98. The number of hydrogen-bond acceptors (Lipinski definition) is 5. The average molecular weight is 261 g/mol. The number of nitrogens with one attached hydrogen (secondary N) is 1. The van der Waals surface area contributed by atoms with E-state index < -0.39 is 6.10 Å². The predicted octanol–water partition coefficient (Wildman–Crippen LogP) is 0.840. The summed E-state index contributed by atoms with van der Waals surface area (Å²) < 4.78 is 11.0. The number of fused-ring (bicyclic) bond motifs is 1. The van der Waals surface area contributed by atoms with Crippen molar-refractivity contribution in [1.82, 2.24) is 9.97 Å². The zero-order chi connectivity index (χ0) is 13.2. The Morgan fingerprint density at radius 1 is 1.32 bits per heavy atom. The Morgan fingerprint density at radius 3 is 2.89 bits per heavy atom. The van der Waals surface area contributed by atoms with Gasteiger partial charge in [0.25, 0.3) is 0 Å². The molecule has 19 heavy (non-hydrogen) atoms. The van der Waals surface area contributed by atoms with Crippen molar-refractivity contribution in [2.45, 2.75) is 6.10 Å². The third-order valence-corrected chi connectivity index (χ3v) is 2.99. The highest BCUT2D eigenvalue weighted by Crippen LogP contribution is 2.34. The molecule has 6 heteroatoms. The third-order valence-electron chi connectivity index (χ3n) is 2.99. The molecular formula is C13H15N3O3. The van der Waals surface area contributed by atoms with Crippen LogP contribution in [0.4, 0.5) is 0 Å². The van der Waals surface area contributed by atoms with Gasteiger partial charge >= 0.3 is 0 Å². The van der Waals surface area contributed by atoms with E-state index in [4.69, 9.17) is 15.2 Å². The lowest BCUT2D eigenvalue weighted by Crippen LogP contribution is -2.15.